The molecule has 3 nitrogen and oxygen atoms in total. The highest BCUT2D eigenvalue weighted by Gasteiger charge is 2.02. The third-order valence-corrected chi connectivity index (χ3v) is 2.68. The Balaban J connectivity index is 2.43. The lowest BCUT2D eigenvalue weighted by molar-refractivity contribution is -0.127. The summed E-state index contributed by atoms with van der Waals surface area (Å²) in [5.74, 6) is 0.101. The van der Waals surface area contributed by atoms with Crippen molar-refractivity contribution in [3.8, 4) is 0 Å². The van der Waals surface area contributed by atoms with Gasteiger partial charge in [0.15, 0.2) is 0 Å². The molecular weight excluding hydrogens is 200 g/mol. The minimum absolute atomic E-state index is 0.101. The summed E-state index contributed by atoms with van der Waals surface area (Å²) in [6.07, 6.45) is 0. The largest absolute Gasteiger partial charge is 0.348 e. The van der Waals surface area contributed by atoms with E-state index in [1.54, 1.807) is 19.0 Å². The number of amides is 1. The zero-order chi connectivity index (χ0) is 12.1. The van der Waals surface area contributed by atoms with E-state index in [0.29, 0.717) is 6.54 Å². The molecule has 0 bridgehead atoms. The molecule has 0 fully saturated rings. The topological polar surface area (TPSA) is 32.3 Å². The van der Waals surface area contributed by atoms with Crippen LogP contribution in [0.1, 0.15) is 16.7 Å². The van der Waals surface area contributed by atoms with Gasteiger partial charge >= 0.3 is 0 Å². The Labute approximate surface area is 97.5 Å². The van der Waals surface area contributed by atoms with Gasteiger partial charge in [0.1, 0.15) is 0 Å². The minimum Gasteiger partial charge on any atom is -0.348 e. The standard InChI is InChI=1S/C13H20N2O/c1-10-5-6-12(7-11(10)2)8-14-9-13(16)15(3)4/h5-7,14H,8-9H2,1-4H3. The van der Waals surface area contributed by atoms with Crippen molar-refractivity contribution in [2.24, 2.45) is 0 Å². The van der Waals surface area contributed by atoms with Crippen molar-refractivity contribution in [2.75, 3.05) is 20.6 Å². The number of likely N-dealkylation sites (N-methyl/N-ethyl adjacent to an activating group) is 1. The first kappa shape index (κ1) is 12.7. The van der Waals surface area contributed by atoms with Gasteiger partial charge in [-0.3, -0.25) is 4.79 Å². The predicted octanol–water partition coefficient (Wildman–Crippen LogP) is 1.48. The molecule has 0 spiro atoms. The zero-order valence-electron chi connectivity index (χ0n) is 10.5. The molecule has 1 aromatic rings. The summed E-state index contributed by atoms with van der Waals surface area (Å²) in [4.78, 5) is 12.9. The molecule has 0 aliphatic carbocycles. The molecule has 0 radical (unpaired) electrons. The number of carbonyl (C=O) groups excluding carboxylic acids is 1. The summed E-state index contributed by atoms with van der Waals surface area (Å²) in [5.41, 5.74) is 3.81. The van der Waals surface area contributed by atoms with Crippen molar-refractivity contribution in [3.05, 3.63) is 34.9 Å². The SMILES string of the molecule is Cc1ccc(CNCC(=O)N(C)C)cc1C. The molecule has 88 valence electrons. The second kappa shape index (κ2) is 5.66. The molecule has 0 aromatic heterocycles. The maximum absolute atomic E-state index is 11.3. The van der Waals surface area contributed by atoms with E-state index in [9.17, 15) is 4.79 Å². The van der Waals surface area contributed by atoms with Gasteiger partial charge in [0.2, 0.25) is 5.91 Å². The lowest BCUT2D eigenvalue weighted by Gasteiger charge is -2.11. The maximum Gasteiger partial charge on any atom is 0.236 e. The van der Waals surface area contributed by atoms with E-state index in [0.717, 1.165) is 6.54 Å². The van der Waals surface area contributed by atoms with Gasteiger partial charge in [-0.05, 0) is 30.5 Å². The molecule has 0 unspecified atom stereocenters. The molecule has 0 saturated carbocycles. The molecule has 16 heavy (non-hydrogen) atoms. The molecule has 0 aliphatic rings. The first-order chi connectivity index (χ1) is 7.50. The average molecular weight is 220 g/mol. The van der Waals surface area contributed by atoms with E-state index in [2.05, 4.69) is 37.4 Å². The summed E-state index contributed by atoms with van der Waals surface area (Å²) in [7, 11) is 3.53. The van der Waals surface area contributed by atoms with Crippen molar-refractivity contribution in [1.82, 2.24) is 10.2 Å². The van der Waals surface area contributed by atoms with E-state index in [1.807, 2.05) is 0 Å². The van der Waals surface area contributed by atoms with Gasteiger partial charge in [-0.25, -0.2) is 0 Å². The van der Waals surface area contributed by atoms with Crippen LogP contribution in [0.2, 0.25) is 0 Å². The highest BCUT2D eigenvalue weighted by atomic mass is 16.2. The van der Waals surface area contributed by atoms with Crippen molar-refractivity contribution in [2.45, 2.75) is 20.4 Å². The molecule has 1 N–H and O–H groups in total. The second-order valence-corrected chi connectivity index (χ2v) is 4.31. The van der Waals surface area contributed by atoms with Crippen LogP contribution in [-0.4, -0.2) is 31.4 Å². The second-order valence-electron chi connectivity index (χ2n) is 4.31. The summed E-state index contributed by atoms with van der Waals surface area (Å²) in [6, 6.07) is 6.36. The fraction of sp³-hybridized carbons (Fsp3) is 0.462. The van der Waals surface area contributed by atoms with E-state index >= 15 is 0 Å². The van der Waals surface area contributed by atoms with Crippen LogP contribution in [0.25, 0.3) is 0 Å². The molecular formula is C13H20N2O. The Kier molecular flexibility index (Phi) is 4.50. The average Bonchev–Trinajstić information content (AvgIpc) is 2.23. The third kappa shape index (κ3) is 3.66. The van der Waals surface area contributed by atoms with Gasteiger partial charge in [-0.15, -0.1) is 0 Å². The van der Waals surface area contributed by atoms with Crippen molar-refractivity contribution >= 4 is 5.91 Å². The Bertz CT molecular complexity index is 372. The number of aryl methyl sites for hydroxylation is 2. The number of carbonyl (C=O) groups is 1. The predicted molar refractivity (Wildman–Crippen MR) is 66.3 cm³/mol. The Morgan fingerprint density at radius 2 is 1.94 bits per heavy atom. The van der Waals surface area contributed by atoms with Gasteiger partial charge in [0.05, 0.1) is 6.54 Å². The molecule has 0 heterocycles. The monoisotopic (exact) mass is 220 g/mol. The van der Waals surface area contributed by atoms with E-state index in [-0.39, 0.29) is 5.91 Å². The lowest BCUT2D eigenvalue weighted by atomic mass is 10.1. The van der Waals surface area contributed by atoms with Crippen LogP contribution in [0.3, 0.4) is 0 Å². The quantitative estimate of drug-likeness (QED) is 0.833. The first-order valence-corrected chi connectivity index (χ1v) is 5.47. The number of rotatable bonds is 4. The van der Waals surface area contributed by atoms with Crippen LogP contribution in [0.4, 0.5) is 0 Å². The number of nitrogens with zero attached hydrogens (tertiary/aromatic N) is 1. The summed E-state index contributed by atoms with van der Waals surface area (Å²) in [5, 5.41) is 3.14. The zero-order valence-corrected chi connectivity index (χ0v) is 10.5. The Morgan fingerprint density at radius 1 is 1.25 bits per heavy atom. The molecule has 3 heteroatoms. The van der Waals surface area contributed by atoms with Crippen LogP contribution in [0, 0.1) is 13.8 Å². The van der Waals surface area contributed by atoms with Crippen LogP contribution in [0.5, 0.6) is 0 Å². The van der Waals surface area contributed by atoms with Gasteiger partial charge in [-0.1, -0.05) is 18.2 Å². The number of nitrogens with one attached hydrogen (secondary N) is 1. The first-order valence-electron chi connectivity index (χ1n) is 5.47. The van der Waals surface area contributed by atoms with Crippen molar-refractivity contribution in [3.63, 3.8) is 0 Å². The Hall–Kier alpha value is -1.35. The van der Waals surface area contributed by atoms with Crippen LogP contribution >= 0.6 is 0 Å². The van der Waals surface area contributed by atoms with Gasteiger partial charge in [0, 0.05) is 20.6 Å². The maximum atomic E-state index is 11.3. The van der Waals surface area contributed by atoms with Gasteiger partial charge in [0.25, 0.3) is 0 Å². The van der Waals surface area contributed by atoms with E-state index < -0.39 is 0 Å². The fourth-order valence-corrected chi connectivity index (χ4v) is 1.39. The minimum atomic E-state index is 0.101. The molecule has 0 aliphatic heterocycles. The third-order valence-electron chi connectivity index (χ3n) is 2.68. The molecule has 1 rings (SSSR count). The molecule has 0 saturated heterocycles. The van der Waals surface area contributed by atoms with Crippen LogP contribution < -0.4 is 5.32 Å². The van der Waals surface area contributed by atoms with E-state index in [4.69, 9.17) is 0 Å². The summed E-state index contributed by atoms with van der Waals surface area (Å²) in [6.45, 7) is 5.33. The highest BCUT2D eigenvalue weighted by Crippen LogP contribution is 2.09. The number of hydrogen-bond acceptors (Lipinski definition) is 2. The fourth-order valence-electron chi connectivity index (χ4n) is 1.39. The molecule has 0 atom stereocenters. The Morgan fingerprint density at radius 3 is 2.50 bits per heavy atom. The summed E-state index contributed by atoms with van der Waals surface area (Å²) < 4.78 is 0. The molecule has 1 amide bonds. The van der Waals surface area contributed by atoms with Crippen molar-refractivity contribution < 1.29 is 4.79 Å². The van der Waals surface area contributed by atoms with E-state index in [1.165, 1.54) is 16.7 Å². The summed E-state index contributed by atoms with van der Waals surface area (Å²) >= 11 is 0. The van der Waals surface area contributed by atoms with Gasteiger partial charge in [-0.2, -0.15) is 0 Å². The van der Waals surface area contributed by atoms with Crippen LogP contribution in [0.15, 0.2) is 18.2 Å². The van der Waals surface area contributed by atoms with Crippen molar-refractivity contribution in [1.29, 1.82) is 0 Å². The smallest absolute Gasteiger partial charge is 0.236 e. The normalized spacial score (nSPS) is 10.2. The highest BCUT2D eigenvalue weighted by molar-refractivity contribution is 5.77. The number of hydrogen-bond donors (Lipinski definition) is 1. The molecule has 1 aromatic carbocycles. The lowest BCUT2D eigenvalue weighted by Crippen LogP contribution is -2.32. The van der Waals surface area contributed by atoms with Crippen LogP contribution in [-0.2, 0) is 11.3 Å². The number of benzene rings is 1. The van der Waals surface area contributed by atoms with Gasteiger partial charge < -0.3 is 10.2 Å².